The number of carbonyl (C=O) groups excluding carboxylic acids is 1. The van der Waals surface area contributed by atoms with Crippen molar-refractivity contribution in [2.24, 2.45) is 9.98 Å². The Balaban J connectivity index is 2.14. The fraction of sp³-hybridized carbons (Fsp3) is 0.455. The Hall–Kier alpha value is -2.63. The highest BCUT2D eigenvalue weighted by Gasteiger charge is 2.47. The van der Waals surface area contributed by atoms with Gasteiger partial charge in [0.05, 0.1) is 19.2 Å². The fourth-order valence-electron chi connectivity index (χ4n) is 3.11. The van der Waals surface area contributed by atoms with Gasteiger partial charge in [0.1, 0.15) is 11.4 Å². The van der Waals surface area contributed by atoms with Gasteiger partial charge in [0.25, 0.3) is 0 Å². The van der Waals surface area contributed by atoms with Crippen LogP contribution in [0.1, 0.15) is 51.0 Å². The third kappa shape index (κ3) is 5.54. The number of nitriles is 1. The largest absolute Gasteiger partial charge is 0.496 e. The molecule has 0 N–H and O–H groups in total. The van der Waals surface area contributed by atoms with Crippen molar-refractivity contribution in [3.8, 4) is 11.9 Å². The molecule has 1 aromatic carbocycles. The molecule has 0 radical (unpaired) electrons. The van der Waals surface area contributed by atoms with Crippen molar-refractivity contribution in [2.45, 2.75) is 58.1 Å². The zero-order valence-corrected chi connectivity index (χ0v) is 19.8. The van der Waals surface area contributed by atoms with Gasteiger partial charge in [-0.25, -0.2) is 0 Å². The summed E-state index contributed by atoms with van der Waals surface area (Å²) in [6, 6.07) is 5.08. The summed E-state index contributed by atoms with van der Waals surface area (Å²) in [5.74, 6) is 0.424. The second kappa shape index (κ2) is 8.85. The van der Waals surface area contributed by atoms with E-state index in [0.717, 1.165) is 17.7 Å². The number of amidine groups is 1. The summed E-state index contributed by atoms with van der Waals surface area (Å²) in [4.78, 5) is 22.0. The van der Waals surface area contributed by atoms with E-state index in [2.05, 4.69) is 25.8 Å². The quantitative estimate of drug-likeness (QED) is 0.285. The molecule has 0 spiro atoms. The van der Waals surface area contributed by atoms with Gasteiger partial charge in [0, 0.05) is 23.0 Å². The molecular formula is C22H25ClN4O3S. The summed E-state index contributed by atoms with van der Waals surface area (Å²) in [5, 5.41) is 9.76. The number of esters is 1. The van der Waals surface area contributed by atoms with Crippen LogP contribution in [0, 0.1) is 11.5 Å². The molecule has 164 valence electrons. The summed E-state index contributed by atoms with van der Waals surface area (Å²) < 4.78 is 13.0. The third-order valence-electron chi connectivity index (χ3n) is 4.85. The van der Waals surface area contributed by atoms with Crippen molar-refractivity contribution in [3.63, 3.8) is 0 Å². The molecule has 31 heavy (non-hydrogen) atoms. The lowest BCUT2D eigenvalue weighted by Gasteiger charge is -2.17. The average Bonchev–Trinajstić information content (AvgIpc) is 3.29. The van der Waals surface area contributed by atoms with Crippen LogP contribution in [0.15, 0.2) is 34.4 Å². The zero-order valence-electron chi connectivity index (χ0n) is 18.2. The smallest absolute Gasteiger partial charge is 0.303 e. The van der Waals surface area contributed by atoms with Gasteiger partial charge in [0.15, 0.2) is 10.6 Å². The Labute approximate surface area is 190 Å². The molecule has 9 heteroatoms. The van der Waals surface area contributed by atoms with Crippen molar-refractivity contribution in [1.82, 2.24) is 4.57 Å². The van der Waals surface area contributed by atoms with Crippen LogP contribution in [-0.4, -0.2) is 29.1 Å². The molecule has 1 fully saturated rings. The SMILES string of the molecule is COc1ccc(Cl)cc1C(=NC#N)N=c1sc(C(C)(C)C)cn1CC1(OC(C)=O)CC1. The van der Waals surface area contributed by atoms with Gasteiger partial charge in [-0.2, -0.15) is 15.2 Å². The maximum Gasteiger partial charge on any atom is 0.303 e. The molecule has 3 rings (SSSR count). The van der Waals surface area contributed by atoms with Crippen LogP contribution < -0.4 is 9.54 Å². The number of carbonyl (C=O) groups is 1. The summed E-state index contributed by atoms with van der Waals surface area (Å²) >= 11 is 7.69. The Kier molecular flexibility index (Phi) is 6.58. The second-order valence-corrected chi connectivity index (χ2v) is 9.97. The van der Waals surface area contributed by atoms with Gasteiger partial charge in [-0.3, -0.25) is 4.79 Å². The highest BCUT2D eigenvalue weighted by atomic mass is 35.5. The number of methoxy groups -OCH3 is 1. The monoisotopic (exact) mass is 460 g/mol. The number of aromatic nitrogens is 1. The molecule has 0 atom stereocenters. The van der Waals surface area contributed by atoms with Crippen LogP contribution in [0.5, 0.6) is 5.75 Å². The van der Waals surface area contributed by atoms with E-state index in [9.17, 15) is 10.1 Å². The highest BCUT2D eigenvalue weighted by molar-refractivity contribution is 7.09. The molecule has 0 unspecified atom stereocenters. The molecule has 7 nitrogen and oxygen atoms in total. The van der Waals surface area contributed by atoms with E-state index in [1.807, 2.05) is 17.0 Å². The first kappa shape index (κ1) is 23.0. The van der Waals surface area contributed by atoms with Gasteiger partial charge >= 0.3 is 5.97 Å². The minimum Gasteiger partial charge on any atom is -0.496 e. The first-order valence-corrected chi connectivity index (χ1v) is 11.0. The van der Waals surface area contributed by atoms with Crippen LogP contribution in [0.4, 0.5) is 0 Å². The van der Waals surface area contributed by atoms with Gasteiger partial charge in [-0.1, -0.05) is 32.4 Å². The predicted octanol–water partition coefficient (Wildman–Crippen LogP) is 4.43. The molecule has 0 amide bonds. The van der Waals surface area contributed by atoms with Gasteiger partial charge in [-0.15, -0.1) is 11.3 Å². The van der Waals surface area contributed by atoms with Crippen molar-refractivity contribution in [3.05, 3.63) is 44.7 Å². The standard InChI is InChI=1S/C22H25ClN4O3S/c1-14(28)30-22(8-9-22)12-27-11-18(21(2,3)4)31-20(27)26-19(25-13-24)16-10-15(23)6-7-17(16)29-5/h6-7,10-11H,8-9,12H2,1-5H3. The summed E-state index contributed by atoms with van der Waals surface area (Å²) in [6.45, 7) is 8.28. The molecule has 1 heterocycles. The van der Waals surface area contributed by atoms with Crippen LogP contribution in [0.25, 0.3) is 0 Å². The predicted molar refractivity (Wildman–Crippen MR) is 120 cm³/mol. The molecular weight excluding hydrogens is 436 g/mol. The minimum atomic E-state index is -0.503. The van der Waals surface area contributed by atoms with E-state index in [-0.39, 0.29) is 17.2 Å². The lowest BCUT2D eigenvalue weighted by Crippen LogP contribution is -2.29. The highest BCUT2D eigenvalue weighted by Crippen LogP contribution is 2.41. The average molecular weight is 461 g/mol. The Morgan fingerprint density at radius 2 is 2.10 bits per heavy atom. The molecule has 0 bridgehead atoms. The first-order chi connectivity index (χ1) is 14.6. The number of benzene rings is 1. The number of hydrogen-bond acceptors (Lipinski definition) is 6. The van der Waals surface area contributed by atoms with Crippen molar-refractivity contribution in [1.29, 1.82) is 5.26 Å². The van der Waals surface area contributed by atoms with Crippen molar-refractivity contribution in [2.75, 3.05) is 7.11 Å². The molecule has 1 aromatic heterocycles. The second-order valence-electron chi connectivity index (χ2n) is 8.52. The topological polar surface area (TPSA) is 89.0 Å². The molecule has 1 saturated carbocycles. The van der Waals surface area contributed by atoms with Crippen LogP contribution in [0.2, 0.25) is 5.02 Å². The number of halogens is 1. The number of aliphatic imine (C=N–C) groups is 1. The van der Waals surface area contributed by atoms with E-state index in [4.69, 9.17) is 26.1 Å². The summed E-state index contributed by atoms with van der Waals surface area (Å²) in [7, 11) is 1.54. The van der Waals surface area contributed by atoms with Gasteiger partial charge < -0.3 is 14.0 Å². The lowest BCUT2D eigenvalue weighted by molar-refractivity contribution is -0.149. The number of rotatable bonds is 5. The van der Waals surface area contributed by atoms with Gasteiger partial charge in [0.2, 0.25) is 6.19 Å². The zero-order chi connectivity index (χ0) is 22.8. The molecule has 0 saturated heterocycles. The van der Waals surface area contributed by atoms with Crippen molar-refractivity contribution < 1.29 is 14.3 Å². The van der Waals surface area contributed by atoms with Gasteiger partial charge in [-0.05, 0) is 36.5 Å². The minimum absolute atomic E-state index is 0.0986. The number of thiazole rings is 1. The number of hydrogen-bond donors (Lipinski definition) is 0. The van der Waals surface area contributed by atoms with E-state index >= 15 is 0 Å². The van der Waals surface area contributed by atoms with E-state index in [1.165, 1.54) is 25.4 Å². The lowest BCUT2D eigenvalue weighted by atomic mass is 9.95. The summed E-state index contributed by atoms with van der Waals surface area (Å²) in [6.07, 6.45) is 5.47. The summed E-state index contributed by atoms with van der Waals surface area (Å²) in [5.41, 5.74) is -0.0782. The first-order valence-electron chi connectivity index (χ1n) is 9.83. The molecule has 0 aliphatic heterocycles. The molecule has 2 aromatic rings. The normalized spacial score (nSPS) is 16.0. The van der Waals surface area contributed by atoms with Crippen LogP contribution >= 0.6 is 22.9 Å². The Bertz CT molecular complexity index is 1130. The van der Waals surface area contributed by atoms with E-state index < -0.39 is 5.60 Å². The Morgan fingerprint density at radius 1 is 1.39 bits per heavy atom. The number of ether oxygens (including phenoxy) is 2. The maximum atomic E-state index is 11.6. The van der Waals surface area contributed by atoms with E-state index in [1.54, 1.807) is 18.2 Å². The third-order valence-corrected chi connectivity index (χ3v) is 6.53. The maximum absolute atomic E-state index is 11.6. The number of nitrogens with zero attached hydrogens (tertiary/aromatic N) is 4. The van der Waals surface area contributed by atoms with Crippen molar-refractivity contribution >= 4 is 34.7 Å². The molecule has 1 aliphatic carbocycles. The fourth-order valence-corrected chi connectivity index (χ4v) is 4.33. The van der Waals surface area contributed by atoms with Crippen LogP contribution in [0.3, 0.4) is 0 Å². The Morgan fingerprint density at radius 3 is 2.65 bits per heavy atom. The molecule has 1 aliphatic rings. The van der Waals surface area contributed by atoms with E-state index in [0.29, 0.717) is 27.7 Å². The van der Waals surface area contributed by atoms with Crippen LogP contribution in [-0.2, 0) is 21.5 Å².